The number of aromatic nitrogens is 4. The zero-order valence-electron chi connectivity index (χ0n) is 13.3. The molecule has 6 nitrogen and oxygen atoms in total. The number of fused-ring (bicyclic) bond motifs is 3. The van der Waals surface area contributed by atoms with E-state index in [1.807, 2.05) is 17.5 Å². The van der Waals surface area contributed by atoms with E-state index >= 15 is 0 Å². The van der Waals surface area contributed by atoms with E-state index in [4.69, 9.17) is 4.52 Å². The van der Waals surface area contributed by atoms with Gasteiger partial charge in [0.15, 0.2) is 5.82 Å². The Kier molecular flexibility index (Phi) is 3.53. The van der Waals surface area contributed by atoms with Crippen LogP contribution in [0.15, 0.2) is 33.2 Å². The maximum atomic E-state index is 12.9. The summed E-state index contributed by atoms with van der Waals surface area (Å²) in [6, 6.07) is 3.87. The molecular weight excluding hydrogens is 356 g/mol. The van der Waals surface area contributed by atoms with Gasteiger partial charge in [0.1, 0.15) is 4.83 Å². The maximum absolute atomic E-state index is 12.9. The molecule has 0 unspecified atom stereocenters. The summed E-state index contributed by atoms with van der Waals surface area (Å²) in [7, 11) is 0. The minimum atomic E-state index is -0.00752. The maximum Gasteiger partial charge on any atom is 0.268 e. The molecule has 25 heavy (non-hydrogen) atoms. The number of thiophene rings is 2. The van der Waals surface area contributed by atoms with Crippen molar-refractivity contribution in [1.82, 2.24) is 19.7 Å². The average molecular weight is 370 g/mol. The number of nitrogens with zero attached hydrogens (tertiary/aromatic N) is 4. The molecule has 0 aliphatic heterocycles. The van der Waals surface area contributed by atoms with Gasteiger partial charge in [-0.2, -0.15) is 4.98 Å². The average Bonchev–Trinajstić information content (AvgIpc) is 3.36. The minimum Gasteiger partial charge on any atom is -0.333 e. The third-order valence-corrected chi connectivity index (χ3v) is 6.51. The molecule has 0 atom stereocenters. The van der Waals surface area contributed by atoms with Gasteiger partial charge in [-0.15, -0.1) is 22.7 Å². The second-order valence-electron chi connectivity index (χ2n) is 6.06. The molecule has 8 heteroatoms. The SMILES string of the molecule is O=c1c2c3c(sc2ncn1Cc1noc(-c2cccs2)n1)CCCC3. The van der Waals surface area contributed by atoms with E-state index < -0.39 is 0 Å². The summed E-state index contributed by atoms with van der Waals surface area (Å²) in [5.41, 5.74) is 1.19. The lowest BCUT2D eigenvalue weighted by Gasteiger charge is -2.10. The predicted octanol–water partition coefficient (Wildman–Crippen LogP) is 3.50. The van der Waals surface area contributed by atoms with E-state index in [-0.39, 0.29) is 12.1 Å². The van der Waals surface area contributed by atoms with E-state index in [0.717, 1.165) is 34.4 Å². The fourth-order valence-corrected chi connectivity index (χ4v) is 5.13. The first kappa shape index (κ1) is 15.0. The van der Waals surface area contributed by atoms with Gasteiger partial charge in [0, 0.05) is 4.88 Å². The lowest BCUT2D eigenvalue weighted by atomic mass is 9.97. The predicted molar refractivity (Wildman–Crippen MR) is 97.2 cm³/mol. The smallest absolute Gasteiger partial charge is 0.268 e. The minimum absolute atomic E-state index is 0.00752. The van der Waals surface area contributed by atoms with Crippen LogP contribution in [-0.4, -0.2) is 19.7 Å². The van der Waals surface area contributed by atoms with E-state index in [0.29, 0.717) is 11.7 Å². The van der Waals surface area contributed by atoms with Crippen LogP contribution < -0.4 is 5.56 Å². The second kappa shape index (κ2) is 5.89. The van der Waals surface area contributed by atoms with Crippen LogP contribution in [0, 0.1) is 0 Å². The zero-order valence-corrected chi connectivity index (χ0v) is 14.9. The monoisotopic (exact) mass is 370 g/mol. The van der Waals surface area contributed by atoms with Gasteiger partial charge in [0.05, 0.1) is 23.1 Å². The molecule has 1 aliphatic rings. The fraction of sp³-hybridized carbons (Fsp3) is 0.294. The first-order valence-corrected chi connectivity index (χ1v) is 9.85. The van der Waals surface area contributed by atoms with Crippen molar-refractivity contribution in [2.45, 2.75) is 32.2 Å². The molecule has 0 saturated heterocycles. The Hall–Kier alpha value is -2.32. The molecule has 0 amide bonds. The van der Waals surface area contributed by atoms with Gasteiger partial charge in [0.25, 0.3) is 11.4 Å². The second-order valence-corrected chi connectivity index (χ2v) is 8.09. The highest BCUT2D eigenvalue weighted by molar-refractivity contribution is 7.18. The van der Waals surface area contributed by atoms with Gasteiger partial charge < -0.3 is 4.52 Å². The van der Waals surface area contributed by atoms with Gasteiger partial charge >= 0.3 is 0 Å². The third kappa shape index (κ3) is 2.52. The molecule has 126 valence electrons. The Morgan fingerprint density at radius 2 is 2.20 bits per heavy atom. The van der Waals surface area contributed by atoms with Crippen LogP contribution in [-0.2, 0) is 19.4 Å². The number of aryl methyl sites for hydroxylation is 2. The molecular formula is C17H14N4O2S2. The highest BCUT2D eigenvalue weighted by atomic mass is 32.1. The Labute approximate surface area is 150 Å². The van der Waals surface area contributed by atoms with Gasteiger partial charge in [-0.1, -0.05) is 11.2 Å². The van der Waals surface area contributed by atoms with E-state index in [1.165, 1.54) is 16.9 Å². The summed E-state index contributed by atoms with van der Waals surface area (Å²) in [6.45, 7) is 0.265. The molecule has 0 aromatic carbocycles. The highest BCUT2D eigenvalue weighted by Gasteiger charge is 2.20. The first-order chi connectivity index (χ1) is 12.3. The molecule has 0 saturated carbocycles. The largest absolute Gasteiger partial charge is 0.333 e. The van der Waals surface area contributed by atoms with E-state index in [1.54, 1.807) is 33.6 Å². The third-order valence-electron chi connectivity index (χ3n) is 4.45. The summed E-state index contributed by atoms with van der Waals surface area (Å²) in [5, 5.41) is 6.74. The normalized spacial score (nSPS) is 14.1. The lowest BCUT2D eigenvalue weighted by Crippen LogP contribution is -2.22. The highest BCUT2D eigenvalue weighted by Crippen LogP contribution is 2.33. The van der Waals surface area contributed by atoms with Crippen molar-refractivity contribution in [2.75, 3.05) is 0 Å². The van der Waals surface area contributed by atoms with Crippen LogP contribution >= 0.6 is 22.7 Å². The fourth-order valence-electron chi connectivity index (χ4n) is 3.26. The Bertz CT molecular complexity index is 1110. The molecule has 4 aromatic heterocycles. The molecule has 4 heterocycles. The van der Waals surface area contributed by atoms with Crippen molar-refractivity contribution in [1.29, 1.82) is 0 Å². The van der Waals surface area contributed by atoms with Crippen molar-refractivity contribution in [3.63, 3.8) is 0 Å². The quantitative estimate of drug-likeness (QED) is 0.552. The van der Waals surface area contributed by atoms with Crippen LogP contribution in [0.4, 0.5) is 0 Å². The van der Waals surface area contributed by atoms with Gasteiger partial charge in [0.2, 0.25) is 0 Å². The van der Waals surface area contributed by atoms with E-state index in [2.05, 4.69) is 15.1 Å². The van der Waals surface area contributed by atoms with Crippen molar-refractivity contribution in [2.24, 2.45) is 0 Å². The summed E-state index contributed by atoms with van der Waals surface area (Å²) < 4.78 is 6.88. The van der Waals surface area contributed by atoms with Crippen LogP contribution in [0.2, 0.25) is 0 Å². The lowest BCUT2D eigenvalue weighted by molar-refractivity contribution is 0.421. The molecule has 0 spiro atoms. The number of hydrogen-bond acceptors (Lipinski definition) is 7. The standard InChI is InChI=1S/C17H14N4O2S2/c22-17-14-10-4-1-2-5-11(10)25-16(14)18-9-21(17)8-13-19-15(23-20-13)12-6-3-7-24-12/h3,6-7,9H,1-2,4-5,8H2. The molecule has 0 bridgehead atoms. The summed E-state index contributed by atoms with van der Waals surface area (Å²) in [4.78, 5) is 24.9. The molecule has 1 aliphatic carbocycles. The van der Waals surface area contributed by atoms with Crippen LogP contribution in [0.5, 0.6) is 0 Å². The first-order valence-electron chi connectivity index (χ1n) is 8.16. The topological polar surface area (TPSA) is 73.8 Å². The summed E-state index contributed by atoms with van der Waals surface area (Å²) in [6.07, 6.45) is 5.96. The Morgan fingerprint density at radius 3 is 3.08 bits per heavy atom. The Morgan fingerprint density at radius 1 is 1.28 bits per heavy atom. The molecule has 0 fully saturated rings. The van der Waals surface area contributed by atoms with Crippen LogP contribution in [0.1, 0.15) is 29.1 Å². The zero-order chi connectivity index (χ0) is 16.8. The van der Waals surface area contributed by atoms with Crippen molar-refractivity contribution in [3.8, 4) is 10.8 Å². The van der Waals surface area contributed by atoms with Crippen LogP contribution in [0.25, 0.3) is 21.0 Å². The molecule has 0 radical (unpaired) electrons. The summed E-state index contributed by atoms with van der Waals surface area (Å²) >= 11 is 3.20. The van der Waals surface area contributed by atoms with Crippen molar-refractivity contribution < 1.29 is 4.52 Å². The number of hydrogen-bond donors (Lipinski definition) is 0. The summed E-state index contributed by atoms with van der Waals surface area (Å²) in [5.74, 6) is 0.968. The van der Waals surface area contributed by atoms with Crippen molar-refractivity contribution in [3.05, 3.63) is 50.5 Å². The number of rotatable bonds is 3. The van der Waals surface area contributed by atoms with E-state index in [9.17, 15) is 4.79 Å². The van der Waals surface area contributed by atoms with Crippen molar-refractivity contribution >= 4 is 32.9 Å². The van der Waals surface area contributed by atoms with Gasteiger partial charge in [-0.3, -0.25) is 9.36 Å². The molecule has 0 N–H and O–H groups in total. The molecule has 5 rings (SSSR count). The van der Waals surface area contributed by atoms with Crippen LogP contribution in [0.3, 0.4) is 0 Å². The van der Waals surface area contributed by atoms with Gasteiger partial charge in [-0.05, 0) is 42.7 Å². The van der Waals surface area contributed by atoms with Gasteiger partial charge in [-0.25, -0.2) is 4.98 Å². The molecule has 4 aromatic rings. The Balaban J connectivity index is 1.53.